The summed E-state index contributed by atoms with van der Waals surface area (Å²) in [7, 11) is 0. The molecule has 0 radical (unpaired) electrons. The molecule has 0 atom stereocenters. The number of rotatable bonds is 2. The van der Waals surface area contributed by atoms with E-state index in [0.717, 1.165) is 12.1 Å². The highest BCUT2D eigenvalue weighted by atomic mass is 19.4. The van der Waals surface area contributed by atoms with Crippen LogP contribution in [0.15, 0.2) is 18.2 Å². The predicted octanol–water partition coefficient (Wildman–Crippen LogP) is 2.12. The molecule has 0 aromatic heterocycles. The fraction of sp³-hybridized carbons (Fsp3) is 0.300. The predicted molar refractivity (Wildman–Crippen MR) is 53.6 cm³/mol. The van der Waals surface area contributed by atoms with E-state index in [0.29, 0.717) is 5.56 Å². The van der Waals surface area contributed by atoms with Gasteiger partial charge in [-0.05, 0) is 23.8 Å². The number of halogens is 3. The highest BCUT2D eigenvalue weighted by Crippen LogP contribution is 2.31. The van der Waals surface area contributed by atoms with Gasteiger partial charge in [-0.15, -0.1) is 0 Å². The van der Waals surface area contributed by atoms with Crippen LogP contribution in [-0.4, -0.2) is 5.91 Å². The first-order chi connectivity index (χ1) is 7.32. The van der Waals surface area contributed by atoms with Gasteiger partial charge >= 0.3 is 6.18 Å². The van der Waals surface area contributed by atoms with Crippen molar-refractivity contribution in [3.05, 3.63) is 29.3 Å². The second-order valence-electron chi connectivity index (χ2n) is 3.30. The van der Waals surface area contributed by atoms with E-state index < -0.39 is 17.6 Å². The van der Waals surface area contributed by atoms with Crippen LogP contribution in [0, 0.1) is 0 Å². The molecule has 1 aromatic carbocycles. The molecule has 6 heteroatoms. The van der Waals surface area contributed by atoms with Crippen molar-refractivity contribution in [2.45, 2.75) is 19.6 Å². The number of anilines is 1. The zero-order chi connectivity index (χ0) is 12.3. The van der Waals surface area contributed by atoms with Crippen LogP contribution >= 0.6 is 0 Å². The normalized spacial score (nSPS) is 11.3. The average molecular weight is 232 g/mol. The van der Waals surface area contributed by atoms with Gasteiger partial charge in [-0.2, -0.15) is 13.2 Å². The van der Waals surface area contributed by atoms with Crippen molar-refractivity contribution in [1.82, 2.24) is 0 Å². The van der Waals surface area contributed by atoms with Crippen LogP contribution < -0.4 is 11.1 Å². The maximum atomic E-state index is 12.5. The number of nitrogens with two attached hydrogens (primary N) is 1. The highest BCUT2D eigenvalue weighted by molar-refractivity contribution is 5.88. The Morgan fingerprint density at radius 2 is 2.00 bits per heavy atom. The minimum Gasteiger partial charge on any atom is -0.326 e. The molecule has 0 bridgehead atoms. The molecule has 0 heterocycles. The summed E-state index contributed by atoms with van der Waals surface area (Å²) in [5.41, 5.74) is 4.88. The van der Waals surface area contributed by atoms with Gasteiger partial charge in [-0.3, -0.25) is 4.79 Å². The summed E-state index contributed by atoms with van der Waals surface area (Å²) >= 11 is 0. The Hall–Kier alpha value is -1.56. The van der Waals surface area contributed by atoms with Crippen molar-refractivity contribution >= 4 is 11.6 Å². The number of amides is 1. The molecule has 0 spiro atoms. The molecule has 3 N–H and O–H groups in total. The molecule has 0 fully saturated rings. The lowest BCUT2D eigenvalue weighted by Crippen LogP contribution is -2.11. The van der Waals surface area contributed by atoms with Crippen molar-refractivity contribution in [2.24, 2.45) is 5.73 Å². The number of hydrogen-bond donors (Lipinski definition) is 2. The molecule has 0 saturated carbocycles. The van der Waals surface area contributed by atoms with E-state index in [2.05, 4.69) is 5.32 Å². The van der Waals surface area contributed by atoms with Crippen molar-refractivity contribution < 1.29 is 18.0 Å². The maximum absolute atomic E-state index is 12.5. The fourth-order valence-electron chi connectivity index (χ4n) is 1.25. The average Bonchev–Trinajstić information content (AvgIpc) is 2.14. The van der Waals surface area contributed by atoms with Gasteiger partial charge < -0.3 is 11.1 Å². The van der Waals surface area contributed by atoms with Gasteiger partial charge in [0.1, 0.15) is 0 Å². The Morgan fingerprint density at radius 3 is 2.44 bits per heavy atom. The van der Waals surface area contributed by atoms with Gasteiger partial charge in [0.2, 0.25) is 5.91 Å². The van der Waals surface area contributed by atoms with Crippen LogP contribution in [0.25, 0.3) is 0 Å². The van der Waals surface area contributed by atoms with Gasteiger partial charge in [0, 0.05) is 19.2 Å². The molecule has 88 valence electrons. The van der Waals surface area contributed by atoms with Crippen molar-refractivity contribution in [1.29, 1.82) is 0 Å². The molecular formula is C10H11F3N2O. The lowest BCUT2D eigenvalue weighted by atomic mass is 10.1. The van der Waals surface area contributed by atoms with Crippen molar-refractivity contribution in [3.63, 3.8) is 0 Å². The minimum atomic E-state index is -4.45. The van der Waals surface area contributed by atoms with E-state index in [1.54, 1.807) is 0 Å². The molecule has 16 heavy (non-hydrogen) atoms. The third-order valence-corrected chi connectivity index (χ3v) is 1.88. The van der Waals surface area contributed by atoms with E-state index in [-0.39, 0.29) is 12.2 Å². The maximum Gasteiger partial charge on any atom is 0.416 e. The highest BCUT2D eigenvalue weighted by Gasteiger charge is 2.31. The third kappa shape index (κ3) is 3.23. The Morgan fingerprint density at radius 1 is 1.38 bits per heavy atom. The summed E-state index contributed by atoms with van der Waals surface area (Å²) in [5.74, 6) is -0.428. The number of nitrogens with one attached hydrogen (secondary N) is 1. The molecule has 0 aliphatic carbocycles. The van der Waals surface area contributed by atoms with Crippen LogP contribution in [0.1, 0.15) is 18.1 Å². The van der Waals surface area contributed by atoms with Crippen molar-refractivity contribution in [2.75, 3.05) is 5.32 Å². The van der Waals surface area contributed by atoms with E-state index in [4.69, 9.17) is 5.73 Å². The Labute approximate surface area is 90.4 Å². The third-order valence-electron chi connectivity index (χ3n) is 1.88. The van der Waals surface area contributed by atoms with Crippen LogP contribution in [0.5, 0.6) is 0 Å². The van der Waals surface area contributed by atoms with Gasteiger partial charge in [-0.25, -0.2) is 0 Å². The zero-order valence-corrected chi connectivity index (χ0v) is 8.56. The largest absolute Gasteiger partial charge is 0.416 e. The number of carbonyl (C=O) groups excluding carboxylic acids is 1. The molecule has 0 aliphatic rings. The minimum absolute atomic E-state index is 0.0174. The lowest BCUT2D eigenvalue weighted by Gasteiger charge is -2.11. The molecule has 0 saturated heterocycles. The Balaban J connectivity index is 3.16. The first-order valence-corrected chi connectivity index (χ1v) is 4.51. The lowest BCUT2D eigenvalue weighted by molar-refractivity contribution is -0.137. The second kappa shape index (κ2) is 4.52. The summed E-state index contributed by atoms with van der Waals surface area (Å²) in [4.78, 5) is 10.8. The molecular weight excluding hydrogens is 221 g/mol. The number of hydrogen-bond acceptors (Lipinski definition) is 2. The fourth-order valence-corrected chi connectivity index (χ4v) is 1.25. The standard InChI is InChI=1S/C10H11F3N2O/c1-6(16)15-9-3-7(5-14)2-8(4-9)10(11,12)13/h2-4H,5,14H2,1H3,(H,15,16). The summed E-state index contributed by atoms with van der Waals surface area (Å²) in [5, 5.41) is 2.30. The van der Waals surface area contributed by atoms with E-state index in [1.807, 2.05) is 0 Å². The molecule has 1 rings (SSSR count). The SMILES string of the molecule is CC(=O)Nc1cc(CN)cc(C(F)(F)F)c1. The van der Waals surface area contributed by atoms with Gasteiger partial charge in [0.25, 0.3) is 0 Å². The first-order valence-electron chi connectivity index (χ1n) is 4.51. The van der Waals surface area contributed by atoms with Crippen LogP contribution in [0.4, 0.5) is 18.9 Å². The Bertz CT molecular complexity index is 402. The number of benzene rings is 1. The molecule has 1 aromatic rings. The number of carbonyl (C=O) groups is 1. The summed E-state index contributed by atoms with van der Waals surface area (Å²) < 4.78 is 37.4. The van der Waals surface area contributed by atoms with E-state index >= 15 is 0 Å². The van der Waals surface area contributed by atoms with Crippen molar-refractivity contribution in [3.8, 4) is 0 Å². The Kier molecular flexibility index (Phi) is 3.54. The van der Waals surface area contributed by atoms with Gasteiger partial charge in [0.05, 0.1) is 5.56 Å². The topological polar surface area (TPSA) is 55.1 Å². The quantitative estimate of drug-likeness (QED) is 0.820. The summed E-state index contributed by atoms with van der Waals surface area (Å²) in [6.45, 7) is 1.21. The van der Waals surface area contributed by atoms with Gasteiger partial charge in [-0.1, -0.05) is 0 Å². The van der Waals surface area contributed by atoms with Crippen LogP contribution in [0.2, 0.25) is 0 Å². The molecule has 0 unspecified atom stereocenters. The molecule has 0 aliphatic heterocycles. The van der Waals surface area contributed by atoms with E-state index in [1.165, 1.54) is 13.0 Å². The molecule has 3 nitrogen and oxygen atoms in total. The van der Waals surface area contributed by atoms with E-state index in [9.17, 15) is 18.0 Å². The molecule has 1 amide bonds. The first kappa shape index (κ1) is 12.5. The summed E-state index contributed by atoms with van der Waals surface area (Å²) in [6, 6.07) is 3.25. The monoisotopic (exact) mass is 232 g/mol. The van der Waals surface area contributed by atoms with Gasteiger partial charge in [0.15, 0.2) is 0 Å². The number of alkyl halides is 3. The second-order valence-corrected chi connectivity index (χ2v) is 3.30. The smallest absolute Gasteiger partial charge is 0.326 e. The van der Waals surface area contributed by atoms with Crippen LogP contribution in [-0.2, 0) is 17.5 Å². The zero-order valence-electron chi connectivity index (χ0n) is 8.56. The van der Waals surface area contributed by atoms with Crippen LogP contribution in [0.3, 0.4) is 0 Å². The summed E-state index contributed by atoms with van der Waals surface area (Å²) in [6.07, 6.45) is -4.45.